The van der Waals surface area contributed by atoms with Gasteiger partial charge in [0.15, 0.2) is 0 Å². The van der Waals surface area contributed by atoms with Crippen molar-refractivity contribution >= 4 is 60.7 Å². The smallest absolute Gasteiger partial charge is 0.268 e. The predicted molar refractivity (Wildman–Crippen MR) is 110 cm³/mol. The van der Waals surface area contributed by atoms with Gasteiger partial charge in [-0.15, -0.1) is 11.3 Å². The summed E-state index contributed by atoms with van der Waals surface area (Å²) in [7, 11) is 0. The molecule has 0 saturated heterocycles. The lowest BCUT2D eigenvalue weighted by atomic mass is 10.2. The average Bonchev–Trinajstić information content (AvgIpc) is 3.21. The summed E-state index contributed by atoms with van der Waals surface area (Å²) in [6.45, 7) is 0.495. The molecule has 0 saturated carbocycles. The average molecular weight is 465 g/mol. The fraction of sp³-hybridized carbons (Fsp3) is 0.0526. The first kappa shape index (κ1) is 18.2. The van der Waals surface area contributed by atoms with E-state index in [1.807, 2.05) is 24.3 Å². The van der Waals surface area contributed by atoms with Gasteiger partial charge < -0.3 is 5.32 Å². The largest absolute Gasteiger partial charge is 0.306 e. The molecule has 4 aromatic rings. The Hall–Kier alpha value is -2.22. The van der Waals surface area contributed by atoms with Crippen LogP contribution >= 0.6 is 38.9 Å². The number of benzene rings is 2. The molecule has 0 spiro atoms. The lowest BCUT2D eigenvalue weighted by Gasteiger charge is -2.10. The van der Waals surface area contributed by atoms with Crippen LogP contribution in [-0.2, 0) is 6.54 Å². The van der Waals surface area contributed by atoms with E-state index in [1.165, 1.54) is 12.1 Å². The van der Waals surface area contributed by atoms with Crippen molar-refractivity contribution < 1.29 is 9.18 Å². The van der Waals surface area contributed by atoms with Crippen LogP contribution in [0.1, 0.15) is 15.2 Å². The van der Waals surface area contributed by atoms with Gasteiger partial charge in [-0.2, -0.15) is 5.10 Å². The van der Waals surface area contributed by atoms with E-state index < -0.39 is 0 Å². The zero-order valence-corrected chi connectivity index (χ0v) is 16.9. The van der Waals surface area contributed by atoms with Crippen molar-refractivity contribution in [3.63, 3.8) is 0 Å². The van der Waals surface area contributed by atoms with Gasteiger partial charge in [-0.05, 0) is 29.8 Å². The first-order valence-electron chi connectivity index (χ1n) is 7.97. The molecule has 0 fully saturated rings. The van der Waals surface area contributed by atoms with Gasteiger partial charge in [0, 0.05) is 20.6 Å². The number of halogens is 3. The minimum absolute atomic E-state index is 0.323. The summed E-state index contributed by atoms with van der Waals surface area (Å²) in [6, 6.07) is 13.8. The Balaban J connectivity index is 1.60. The number of fused-ring (bicyclic) bond motifs is 1. The van der Waals surface area contributed by atoms with Gasteiger partial charge in [-0.1, -0.05) is 45.7 Å². The number of carbonyl (C=O) groups is 1. The molecule has 4 rings (SSSR count). The van der Waals surface area contributed by atoms with Crippen LogP contribution in [0.4, 0.5) is 10.2 Å². The highest BCUT2D eigenvalue weighted by atomic mass is 79.9. The zero-order chi connectivity index (χ0) is 19.0. The number of rotatable bonds is 4. The number of carbonyl (C=O) groups excluding carboxylic acids is 1. The van der Waals surface area contributed by atoms with Crippen LogP contribution in [0.25, 0.3) is 10.1 Å². The van der Waals surface area contributed by atoms with Crippen LogP contribution in [0, 0.1) is 5.82 Å². The summed E-state index contributed by atoms with van der Waals surface area (Å²) in [4.78, 5) is 13.1. The quantitative estimate of drug-likeness (QED) is 0.405. The van der Waals surface area contributed by atoms with Crippen molar-refractivity contribution in [1.29, 1.82) is 0 Å². The summed E-state index contributed by atoms with van der Waals surface area (Å²) in [6.07, 6.45) is 1.62. The Morgan fingerprint density at radius 1 is 1.26 bits per heavy atom. The molecule has 0 aliphatic heterocycles. The normalized spacial score (nSPS) is 11.1. The number of hydrogen-bond donors (Lipinski definition) is 1. The van der Waals surface area contributed by atoms with E-state index in [4.69, 9.17) is 11.6 Å². The molecule has 1 amide bonds. The monoisotopic (exact) mass is 463 g/mol. The van der Waals surface area contributed by atoms with Crippen molar-refractivity contribution in [2.75, 3.05) is 5.32 Å². The molecule has 0 atom stereocenters. The molecule has 0 bridgehead atoms. The minimum atomic E-state index is -0.362. The van der Waals surface area contributed by atoms with E-state index in [9.17, 15) is 9.18 Å². The minimum Gasteiger partial charge on any atom is -0.306 e. The fourth-order valence-corrected chi connectivity index (χ4v) is 4.56. The number of aromatic nitrogens is 2. The molecule has 27 heavy (non-hydrogen) atoms. The van der Waals surface area contributed by atoms with Crippen molar-refractivity contribution in [2.45, 2.75) is 6.54 Å². The third-order valence-corrected chi connectivity index (χ3v) is 6.46. The van der Waals surface area contributed by atoms with Crippen LogP contribution in [0.3, 0.4) is 0 Å². The number of nitrogens with one attached hydrogen (secondary N) is 1. The third-order valence-electron chi connectivity index (χ3n) is 4.03. The molecule has 2 heterocycles. The van der Waals surface area contributed by atoms with Gasteiger partial charge in [0.1, 0.15) is 16.5 Å². The summed E-state index contributed by atoms with van der Waals surface area (Å²) in [5, 5.41) is 8.10. The molecule has 4 nitrogen and oxygen atoms in total. The highest BCUT2D eigenvalue weighted by Gasteiger charge is 2.19. The van der Waals surface area contributed by atoms with E-state index in [0.29, 0.717) is 32.3 Å². The number of thiophene rings is 1. The molecular formula is C19H12BrClFN3OS. The summed E-state index contributed by atoms with van der Waals surface area (Å²) >= 11 is 11.0. The van der Waals surface area contributed by atoms with E-state index in [0.717, 1.165) is 21.4 Å². The van der Waals surface area contributed by atoms with E-state index in [1.54, 1.807) is 23.0 Å². The van der Waals surface area contributed by atoms with Crippen molar-refractivity contribution in [3.05, 3.63) is 80.5 Å². The van der Waals surface area contributed by atoms with Crippen LogP contribution in [0.15, 0.2) is 59.2 Å². The third kappa shape index (κ3) is 3.63. The van der Waals surface area contributed by atoms with E-state index in [2.05, 4.69) is 26.3 Å². The second-order valence-corrected chi connectivity index (χ2v) is 8.09. The maximum Gasteiger partial charge on any atom is 0.268 e. The van der Waals surface area contributed by atoms with Crippen molar-refractivity contribution in [3.8, 4) is 0 Å². The number of amides is 1. The van der Waals surface area contributed by atoms with Gasteiger partial charge >= 0.3 is 0 Å². The topological polar surface area (TPSA) is 46.9 Å². The molecule has 136 valence electrons. The van der Waals surface area contributed by atoms with Crippen LogP contribution < -0.4 is 5.32 Å². The highest BCUT2D eigenvalue weighted by Crippen LogP contribution is 2.36. The first-order valence-corrected chi connectivity index (χ1v) is 9.96. The molecule has 2 aromatic heterocycles. The van der Waals surface area contributed by atoms with E-state index in [-0.39, 0.29) is 11.7 Å². The summed E-state index contributed by atoms with van der Waals surface area (Å²) < 4.78 is 16.7. The first-order chi connectivity index (χ1) is 13.0. The lowest BCUT2D eigenvalue weighted by molar-refractivity contribution is 0.102. The van der Waals surface area contributed by atoms with Gasteiger partial charge in [0.05, 0.1) is 17.8 Å². The summed E-state index contributed by atoms with van der Waals surface area (Å²) in [5.41, 5.74) is 1.03. The highest BCUT2D eigenvalue weighted by molar-refractivity contribution is 9.10. The molecule has 0 aliphatic rings. The molecule has 1 N–H and O–H groups in total. The van der Waals surface area contributed by atoms with Crippen LogP contribution in [-0.4, -0.2) is 15.7 Å². The molecule has 0 unspecified atom stereocenters. The predicted octanol–water partition coefficient (Wildman–Crippen LogP) is 5.95. The molecule has 8 heteroatoms. The Bertz CT molecular complexity index is 1160. The van der Waals surface area contributed by atoms with Gasteiger partial charge in [0.2, 0.25) is 0 Å². The van der Waals surface area contributed by atoms with Crippen LogP contribution in [0.2, 0.25) is 5.02 Å². The van der Waals surface area contributed by atoms with Crippen LogP contribution in [0.5, 0.6) is 0 Å². The SMILES string of the molecule is O=C(Nc1ccnn1Cc1ccccc1Br)c1sc2cc(F)ccc2c1Cl. The molecule has 0 aliphatic carbocycles. The van der Waals surface area contributed by atoms with Gasteiger partial charge in [0.25, 0.3) is 5.91 Å². The van der Waals surface area contributed by atoms with Gasteiger partial charge in [-0.25, -0.2) is 9.07 Å². The maximum absolute atomic E-state index is 13.4. The Morgan fingerprint density at radius 2 is 2.07 bits per heavy atom. The zero-order valence-electron chi connectivity index (χ0n) is 13.7. The number of anilines is 1. The second-order valence-electron chi connectivity index (χ2n) is 5.81. The molecule has 2 aromatic carbocycles. The lowest BCUT2D eigenvalue weighted by Crippen LogP contribution is -2.15. The Morgan fingerprint density at radius 3 is 2.89 bits per heavy atom. The Labute approximate surface area is 171 Å². The van der Waals surface area contributed by atoms with E-state index >= 15 is 0 Å². The maximum atomic E-state index is 13.4. The van der Waals surface area contributed by atoms with Gasteiger partial charge in [-0.3, -0.25) is 4.79 Å². The van der Waals surface area contributed by atoms with Crippen molar-refractivity contribution in [1.82, 2.24) is 9.78 Å². The molecule has 0 radical (unpaired) electrons. The number of hydrogen-bond acceptors (Lipinski definition) is 3. The fourth-order valence-electron chi connectivity index (χ4n) is 2.71. The Kier molecular flexibility index (Phi) is 4.99. The molecular weight excluding hydrogens is 453 g/mol. The standard InChI is InChI=1S/C19H12BrClFN3OS/c20-14-4-2-1-3-11(14)10-25-16(7-8-23-25)24-19(26)18-17(21)13-6-5-12(22)9-15(13)27-18/h1-9H,10H2,(H,24,26). The second kappa shape index (κ2) is 7.42. The number of nitrogens with zero attached hydrogens (tertiary/aromatic N) is 2. The van der Waals surface area contributed by atoms with Crippen molar-refractivity contribution in [2.24, 2.45) is 0 Å². The summed E-state index contributed by atoms with van der Waals surface area (Å²) in [5.74, 6) is -0.162.